The normalized spacial score (nSPS) is 12.3. The van der Waals surface area contributed by atoms with Crippen molar-refractivity contribution in [2.75, 3.05) is 0 Å². The number of carbonyl (C=O) groups is 2. The van der Waals surface area contributed by atoms with Crippen LogP contribution in [0.2, 0.25) is 0 Å². The van der Waals surface area contributed by atoms with Crippen molar-refractivity contribution in [3.8, 4) is 0 Å². The van der Waals surface area contributed by atoms with Crippen LogP contribution in [0.1, 0.15) is 20.3 Å². The van der Waals surface area contributed by atoms with Crippen LogP contribution in [0, 0.1) is 0 Å². The summed E-state index contributed by atoms with van der Waals surface area (Å²) in [6.45, 7) is 2.88. The van der Waals surface area contributed by atoms with E-state index in [2.05, 4.69) is 0 Å². The maximum absolute atomic E-state index is 10.7. The molecule has 0 heterocycles. The summed E-state index contributed by atoms with van der Waals surface area (Å²) >= 11 is 0. The molecule has 0 aliphatic rings. The lowest BCUT2D eigenvalue weighted by atomic mass is 10.3. The summed E-state index contributed by atoms with van der Waals surface area (Å²) in [4.78, 5) is 21.6. The number of hydrogen-bond donors (Lipinski definition) is 2. The summed E-state index contributed by atoms with van der Waals surface area (Å²) in [5.74, 6) is -0.549. The minimum Gasteiger partial charge on any atom is -0.465 e. The highest BCUT2D eigenvalue weighted by Crippen LogP contribution is 1.98. The maximum atomic E-state index is 10.7. The topological polar surface area (TPSA) is 83.6 Å². The van der Waals surface area contributed by atoms with Crippen molar-refractivity contribution in [3.63, 3.8) is 0 Å². The molecule has 0 rings (SSSR count). The van der Waals surface area contributed by atoms with Crippen LogP contribution in [-0.4, -0.2) is 28.2 Å². The molecular formula is C6H12N2O3. The Bertz CT molecular complexity index is 155. The van der Waals surface area contributed by atoms with Crippen molar-refractivity contribution < 1.29 is 14.7 Å². The Kier molecular flexibility index (Phi) is 3.53. The zero-order valence-electron chi connectivity index (χ0n) is 6.57. The Morgan fingerprint density at radius 2 is 2.09 bits per heavy atom. The summed E-state index contributed by atoms with van der Waals surface area (Å²) in [6.07, 6.45) is -1.61. The van der Waals surface area contributed by atoms with Crippen molar-refractivity contribution >= 4 is 12.0 Å². The Labute approximate surface area is 64.8 Å². The van der Waals surface area contributed by atoms with Crippen molar-refractivity contribution in [1.29, 1.82) is 0 Å². The zero-order chi connectivity index (χ0) is 9.02. The van der Waals surface area contributed by atoms with Gasteiger partial charge in [-0.2, -0.15) is 0 Å². The summed E-state index contributed by atoms with van der Waals surface area (Å²) in [6, 6.07) is 0. The number of nitrogens with zero attached hydrogens (tertiary/aromatic N) is 1. The second kappa shape index (κ2) is 3.92. The van der Waals surface area contributed by atoms with E-state index in [1.165, 1.54) is 6.92 Å². The Morgan fingerprint density at radius 1 is 1.64 bits per heavy atom. The number of rotatable bonds is 2. The van der Waals surface area contributed by atoms with E-state index in [1.807, 2.05) is 0 Å². The fourth-order valence-corrected chi connectivity index (χ4v) is 0.693. The van der Waals surface area contributed by atoms with E-state index < -0.39 is 18.2 Å². The molecule has 0 aromatic heterocycles. The van der Waals surface area contributed by atoms with Crippen LogP contribution >= 0.6 is 0 Å². The van der Waals surface area contributed by atoms with Gasteiger partial charge < -0.3 is 10.8 Å². The molecule has 0 saturated heterocycles. The smallest absolute Gasteiger partial charge is 0.415 e. The third-order valence-electron chi connectivity index (χ3n) is 1.30. The summed E-state index contributed by atoms with van der Waals surface area (Å²) < 4.78 is 0. The fraction of sp³-hybridized carbons (Fsp3) is 0.667. The third-order valence-corrected chi connectivity index (χ3v) is 1.30. The molecule has 64 valence electrons. The molecule has 2 amide bonds. The van der Waals surface area contributed by atoms with Crippen LogP contribution in [0.4, 0.5) is 4.79 Å². The first kappa shape index (κ1) is 9.90. The van der Waals surface area contributed by atoms with Gasteiger partial charge in [-0.05, 0) is 6.42 Å². The third kappa shape index (κ3) is 2.55. The average Bonchev–Trinajstić information content (AvgIpc) is 1.85. The second-order valence-corrected chi connectivity index (χ2v) is 2.15. The standard InChI is InChI=1S/C6H12N2O3/c1-3-5(7)8(4(2)9)6(10)11/h5H,3,7H2,1-2H3,(H,10,11). The zero-order valence-corrected chi connectivity index (χ0v) is 6.57. The lowest BCUT2D eigenvalue weighted by Gasteiger charge is -2.21. The number of amides is 2. The first-order valence-corrected chi connectivity index (χ1v) is 3.29. The Balaban J connectivity index is 4.34. The van der Waals surface area contributed by atoms with Crippen LogP contribution in [0.3, 0.4) is 0 Å². The molecule has 0 fully saturated rings. The van der Waals surface area contributed by atoms with Crippen molar-refractivity contribution in [1.82, 2.24) is 4.90 Å². The SMILES string of the molecule is CCC(N)N(C(C)=O)C(=O)O. The van der Waals surface area contributed by atoms with Crippen LogP contribution in [0.15, 0.2) is 0 Å². The molecular weight excluding hydrogens is 148 g/mol. The van der Waals surface area contributed by atoms with E-state index in [0.29, 0.717) is 11.3 Å². The molecule has 1 unspecified atom stereocenters. The first-order chi connectivity index (χ1) is 5.00. The van der Waals surface area contributed by atoms with Crippen molar-refractivity contribution in [3.05, 3.63) is 0 Å². The van der Waals surface area contributed by atoms with E-state index in [9.17, 15) is 9.59 Å². The van der Waals surface area contributed by atoms with Crippen LogP contribution in [0.25, 0.3) is 0 Å². The van der Waals surface area contributed by atoms with E-state index in [0.717, 1.165) is 0 Å². The van der Waals surface area contributed by atoms with Crippen LogP contribution in [0.5, 0.6) is 0 Å². The van der Waals surface area contributed by atoms with E-state index in [1.54, 1.807) is 6.92 Å². The predicted octanol–water partition coefficient (Wildman–Crippen LogP) is 0.208. The maximum Gasteiger partial charge on any atom is 0.415 e. The van der Waals surface area contributed by atoms with Crippen LogP contribution in [-0.2, 0) is 4.79 Å². The summed E-state index contributed by atoms with van der Waals surface area (Å²) in [5, 5.41) is 8.47. The molecule has 11 heavy (non-hydrogen) atoms. The minimum atomic E-state index is -1.30. The molecule has 3 N–H and O–H groups in total. The number of carboxylic acid groups (broad SMARTS) is 1. The molecule has 0 bridgehead atoms. The van der Waals surface area contributed by atoms with Gasteiger partial charge in [0, 0.05) is 6.92 Å². The molecule has 0 aliphatic heterocycles. The average molecular weight is 160 g/mol. The molecule has 0 radical (unpaired) electrons. The Hall–Kier alpha value is -1.10. The number of imide groups is 1. The second-order valence-electron chi connectivity index (χ2n) is 2.15. The largest absolute Gasteiger partial charge is 0.465 e. The number of carbonyl (C=O) groups excluding carboxylic acids is 1. The van der Waals surface area contributed by atoms with Crippen LogP contribution < -0.4 is 5.73 Å². The van der Waals surface area contributed by atoms with Gasteiger partial charge in [-0.25, -0.2) is 9.69 Å². The van der Waals surface area contributed by atoms with Gasteiger partial charge in [-0.15, -0.1) is 0 Å². The number of hydrogen-bond acceptors (Lipinski definition) is 3. The summed E-state index contributed by atoms with van der Waals surface area (Å²) in [7, 11) is 0. The highest BCUT2D eigenvalue weighted by molar-refractivity contribution is 5.89. The van der Waals surface area contributed by atoms with E-state index >= 15 is 0 Å². The number of nitrogens with two attached hydrogens (primary N) is 1. The summed E-state index contributed by atoms with van der Waals surface area (Å²) in [5.41, 5.74) is 5.34. The van der Waals surface area contributed by atoms with E-state index in [-0.39, 0.29) is 0 Å². The molecule has 0 saturated carbocycles. The van der Waals surface area contributed by atoms with Gasteiger partial charge in [0.25, 0.3) is 0 Å². The molecule has 0 aromatic rings. The first-order valence-electron chi connectivity index (χ1n) is 3.29. The predicted molar refractivity (Wildman–Crippen MR) is 38.8 cm³/mol. The van der Waals surface area contributed by atoms with Crippen molar-refractivity contribution in [2.45, 2.75) is 26.4 Å². The molecule has 5 nitrogen and oxygen atoms in total. The van der Waals surface area contributed by atoms with Gasteiger partial charge in [0.15, 0.2) is 0 Å². The fourth-order valence-electron chi connectivity index (χ4n) is 0.693. The quantitative estimate of drug-likeness (QED) is 0.565. The lowest BCUT2D eigenvalue weighted by Crippen LogP contribution is -2.47. The molecule has 0 spiro atoms. The highest BCUT2D eigenvalue weighted by Gasteiger charge is 2.21. The van der Waals surface area contributed by atoms with Crippen molar-refractivity contribution in [2.24, 2.45) is 5.73 Å². The van der Waals surface area contributed by atoms with Gasteiger partial charge >= 0.3 is 6.09 Å². The van der Waals surface area contributed by atoms with Gasteiger partial charge in [0.1, 0.15) is 0 Å². The van der Waals surface area contributed by atoms with Gasteiger partial charge in [0.2, 0.25) is 5.91 Å². The monoisotopic (exact) mass is 160 g/mol. The van der Waals surface area contributed by atoms with Gasteiger partial charge in [-0.1, -0.05) is 6.92 Å². The van der Waals surface area contributed by atoms with Gasteiger partial charge in [0.05, 0.1) is 6.17 Å². The molecule has 0 aliphatic carbocycles. The Morgan fingerprint density at radius 3 is 2.18 bits per heavy atom. The molecule has 0 aromatic carbocycles. The van der Waals surface area contributed by atoms with Gasteiger partial charge in [-0.3, -0.25) is 4.79 Å². The molecule has 5 heteroatoms. The minimum absolute atomic E-state index is 0.423. The lowest BCUT2D eigenvalue weighted by molar-refractivity contribution is -0.128. The highest BCUT2D eigenvalue weighted by atomic mass is 16.4. The van der Waals surface area contributed by atoms with E-state index in [4.69, 9.17) is 10.8 Å². The molecule has 1 atom stereocenters.